The number of aryl methyl sites for hydroxylation is 1. The molecular weight excluding hydrogens is 316 g/mol. The van der Waals surface area contributed by atoms with E-state index in [0.29, 0.717) is 23.7 Å². The van der Waals surface area contributed by atoms with Crippen LogP contribution in [0.2, 0.25) is 0 Å². The van der Waals surface area contributed by atoms with Crippen molar-refractivity contribution in [3.05, 3.63) is 37.4 Å². The summed E-state index contributed by atoms with van der Waals surface area (Å²) >= 11 is 1.61. The van der Waals surface area contributed by atoms with Crippen LogP contribution in [0.1, 0.15) is 17.8 Å². The summed E-state index contributed by atoms with van der Waals surface area (Å²) in [6.45, 7) is 2.79. The fraction of sp³-hybridized carbons (Fsp3) is 0.429. The zero-order valence-corrected chi connectivity index (χ0v) is 14.2. The first-order chi connectivity index (χ1) is 10.9. The summed E-state index contributed by atoms with van der Waals surface area (Å²) in [6, 6.07) is 0. The van der Waals surface area contributed by atoms with E-state index in [1.54, 1.807) is 24.6 Å². The van der Waals surface area contributed by atoms with Gasteiger partial charge in [-0.15, -0.1) is 11.3 Å². The third-order valence-corrected chi connectivity index (χ3v) is 4.87. The summed E-state index contributed by atoms with van der Waals surface area (Å²) in [5.74, 6) is 0.793. The van der Waals surface area contributed by atoms with Crippen molar-refractivity contribution in [3.63, 3.8) is 0 Å². The maximum atomic E-state index is 12.2. The SMILES string of the molecule is CC(CN(C)c1nc2c([nH]1)c(=O)n(C)c(=O)n2C)c1nccs1. The Labute approximate surface area is 136 Å². The molecule has 0 aliphatic carbocycles. The van der Waals surface area contributed by atoms with E-state index in [0.717, 1.165) is 9.57 Å². The van der Waals surface area contributed by atoms with Crippen LogP contribution in [0.15, 0.2) is 21.2 Å². The Morgan fingerprint density at radius 3 is 2.74 bits per heavy atom. The first-order valence-corrected chi connectivity index (χ1v) is 8.04. The third-order valence-electron chi connectivity index (χ3n) is 3.86. The topological polar surface area (TPSA) is 88.8 Å². The minimum absolute atomic E-state index is 0.236. The minimum atomic E-state index is -0.389. The van der Waals surface area contributed by atoms with Gasteiger partial charge in [0.2, 0.25) is 5.95 Å². The van der Waals surface area contributed by atoms with E-state index < -0.39 is 0 Å². The Morgan fingerprint density at radius 2 is 2.09 bits per heavy atom. The Hall–Kier alpha value is -2.42. The molecule has 0 fully saturated rings. The number of nitrogens with zero attached hydrogens (tertiary/aromatic N) is 5. The number of anilines is 1. The van der Waals surface area contributed by atoms with Crippen LogP contribution >= 0.6 is 11.3 Å². The molecular formula is C14H18N6O2S. The maximum absolute atomic E-state index is 12.2. The number of aromatic amines is 1. The number of rotatable bonds is 4. The van der Waals surface area contributed by atoms with Crippen molar-refractivity contribution in [2.24, 2.45) is 14.1 Å². The fourth-order valence-corrected chi connectivity index (χ4v) is 3.24. The lowest BCUT2D eigenvalue weighted by Gasteiger charge is -2.19. The lowest BCUT2D eigenvalue weighted by atomic mass is 10.2. The van der Waals surface area contributed by atoms with Gasteiger partial charge < -0.3 is 9.88 Å². The lowest BCUT2D eigenvalue weighted by Crippen LogP contribution is -2.36. The predicted molar refractivity (Wildman–Crippen MR) is 90.4 cm³/mol. The molecule has 3 heterocycles. The molecule has 1 atom stereocenters. The Kier molecular flexibility index (Phi) is 3.80. The molecule has 0 spiro atoms. The molecule has 0 aliphatic heterocycles. The summed E-state index contributed by atoms with van der Waals surface area (Å²) in [6.07, 6.45) is 1.79. The van der Waals surface area contributed by atoms with Gasteiger partial charge in [-0.25, -0.2) is 9.78 Å². The molecule has 9 heteroatoms. The van der Waals surface area contributed by atoms with Crippen molar-refractivity contribution in [1.82, 2.24) is 24.1 Å². The Morgan fingerprint density at radius 1 is 1.35 bits per heavy atom. The standard InChI is InChI=1S/C14H18N6O2S/c1-8(11-15-5-6-23-11)7-18(2)13-16-9-10(17-13)19(3)14(22)20(4)12(9)21/h5-6,8H,7H2,1-4H3,(H,16,17). The molecule has 8 nitrogen and oxygen atoms in total. The fourth-order valence-electron chi connectivity index (χ4n) is 2.55. The number of H-pyrrole nitrogens is 1. The number of hydrogen-bond acceptors (Lipinski definition) is 6. The highest BCUT2D eigenvalue weighted by molar-refractivity contribution is 7.09. The molecule has 1 unspecified atom stereocenters. The number of hydrogen-bond donors (Lipinski definition) is 1. The summed E-state index contributed by atoms with van der Waals surface area (Å²) in [5, 5.41) is 3.00. The van der Waals surface area contributed by atoms with E-state index in [-0.39, 0.29) is 17.2 Å². The van der Waals surface area contributed by atoms with Crippen LogP contribution in [0.25, 0.3) is 11.2 Å². The summed E-state index contributed by atoms with van der Waals surface area (Å²) < 4.78 is 2.44. The average molecular weight is 334 g/mol. The second kappa shape index (κ2) is 5.65. The Bertz CT molecular complexity index is 952. The molecule has 0 aromatic carbocycles. The monoisotopic (exact) mass is 334 g/mol. The Balaban J connectivity index is 1.97. The van der Waals surface area contributed by atoms with Crippen LogP contribution in [0.5, 0.6) is 0 Å². The maximum Gasteiger partial charge on any atom is 0.332 e. The van der Waals surface area contributed by atoms with Crippen LogP contribution in [0.4, 0.5) is 5.95 Å². The molecule has 122 valence electrons. The lowest BCUT2D eigenvalue weighted by molar-refractivity contribution is 0.707. The molecule has 3 rings (SSSR count). The summed E-state index contributed by atoms with van der Waals surface area (Å²) in [4.78, 5) is 37.9. The van der Waals surface area contributed by atoms with Gasteiger partial charge in [-0.3, -0.25) is 13.9 Å². The van der Waals surface area contributed by atoms with Crippen LogP contribution in [-0.4, -0.2) is 37.7 Å². The number of imidazole rings is 1. The molecule has 0 bridgehead atoms. The molecule has 0 saturated heterocycles. The number of nitrogens with one attached hydrogen (secondary N) is 1. The van der Waals surface area contributed by atoms with Gasteiger partial charge in [0.25, 0.3) is 5.56 Å². The largest absolute Gasteiger partial charge is 0.345 e. The van der Waals surface area contributed by atoms with Crippen LogP contribution in [0.3, 0.4) is 0 Å². The van der Waals surface area contributed by atoms with Crippen molar-refractivity contribution >= 4 is 28.4 Å². The molecule has 0 aliphatic rings. The van der Waals surface area contributed by atoms with Gasteiger partial charge in [-0.2, -0.15) is 4.98 Å². The van der Waals surface area contributed by atoms with E-state index in [9.17, 15) is 9.59 Å². The first kappa shape index (κ1) is 15.5. The van der Waals surface area contributed by atoms with Crippen molar-refractivity contribution < 1.29 is 0 Å². The number of likely N-dealkylation sites (N-methyl/N-ethyl adjacent to an activating group) is 1. The highest BCUT2D eigenvalue weighted by atomic mass is 32.1. The van der Waals surface area contributed by atoms with Gasteiger partial charge in [0, 0.05) is 45.2 Å². The second-order valence-corrected chi connectivity index (χ2v) is 6.54. The predicted octanol–water partition coefficient (Wildman–Crippen LogP) is 0.657. The first-order valence-electron chi connectivity index (χ1n) is 7.16. The smallest absolute Gasteiger partial charge is 0.332 e. The number of fused-ring (bicyclic) bond motifs is 1. The molecule has 23 heavy (non-hydrogen) atoms. The van der Waals surface area contributed by atoms with E-state index in [1.165, 1.54) is 11.6 Å². The third kappa shape index (κ3) is 2.56. The number of aromatic nitrogens is 5. The molecule has 1 N–H and O–H groups in total. The highest BCUT2D eigenvalue weighted by Crippen LogP contribution is 2.21. The molecule has 0 saturated carbocycles. The molecule has 0 amide bonds. The van der Waals surface area contributed by atoms with Gasteiger partial charge in [0.15, 0.2) is 11.2 Å². The summed E-state index contributed by atoms with van der Waals surface area (Å²) in [7, 11) is 4.95. The van der Waals surface area contributed by atoms with E-state index in [4.69, 9.17) is 0 Å². The van der Waals surface area contributed by atoms with Gasteiger partial charge in [0.1, 0.15) is 0 Å². The average Bonchev–Trinajstić information content (AvgIpc) is 3.19. The van der Waals surface area contributed by atoms with Gasteiger partial charge >= 0.3 is 5.69 Å². The van der Waals surface area contributed by atoms with Gasteiger partial charge in [0.05, 0.1) is 5.01 Å². The van der Waals surface area contributed by atoms with Crippen molar-refractivity contribution in [2.75, 3.05) is 18.5 Å². The molecule has 3 aromatic rings. The molecule has 0 radical (unpaired) electrons. The quantitative estimate of drug-likeness (QED) is 0.757. The molecule has 3 aromatic heterocycles. The normalized spacial score (nSPS) is 12.7. The minimum Gasteiger partial charge on any atom is -0.345 e. The van der Waals surface area contributed by atoms with Crippen LogP contribution in [0, 0.1) is 0 Å². The number of thiazole rings is 1. The van der Waals surface area contributed by atoms with Crippen molar-refractivity contribution in [2.45, 2.75) is 12.8 Å². The van der Waals surface area contributed by atoms with Crippen molar-refractivity contribution in [1.29, 1.82) is 0 Å². The summed E-state index contributed by atoms with van der Waals surface area (Å²) in [5.41, 5.74) is -0.0669. The second-order valence-electron chi connectivity index (χ2n) is 5.62. The van der Waals surface area contributed by atoms with Crippen molar-refractivity contribution in [3.8, 4) is 0 Å². The van der Waals surface area contributed by atoms with Crippen LogP contribution < -0.4 is 16.1 Å². The zero-order chi connectivity index (χ0) is 16.7. The highest BCUT2D eigenvalue weighted by Gasteiger charge is 2.17. The van der Waals surface area contributed by atoms with Gasteiger partial charge in [-0.05, 0) is 0 Å². The zero-order valence-electron chi connectivity index (χ0n) is 13.4. The van der Waals surface area contributed by atoms with Gasteiger partial charge in [-0.1, -0.05) is 6.92 Å². The van der Waals surface area contributed by atoms with E-state index in [1.807, 2.05) is 17.3 Å². The van der Waals surface area contributed by atoms with Crippen LogP contribution in [-0.2, 0) is 14.1 Å². The van der Waals surface area contributed by atoms with E-state index >= 15 is 0 Å². The van der Waals surface area contributed by atoms with E-state index in [2.05, 4.69) is 21.9 Å².